The van der Waals surface area contributed by atoms with Gasteiger partial charge in [0.1, 0.15) is 5.82 Å². The third-order valence-corrected chi connectivity index (χ3v) is 4.30. The maximum atomic E-state index is 13.1. The summed E-state index contributed by atoms with van der Waals surface area (Å²) in [5.74, 6) is 1.03. The fourth-order valence-electron chi connectivity index (χ4n) is 2.17. The van der Waals surface area contributed by atoms with Crippen molar-refractivity contribution in [3.8, 4) is 5.69 Å². The summed E-state index contributed by atoms with van der Waals surface area (Å²) in [6.07, 6.45) is 1.95. The van der Waals surface area contributed by atoms with Gasteiger partial charge in [-0.2, -0.15) is 5.10 Å². The van der Waals surface area contributed by atoms with Crippen LogP contribution in [0.1, 0.15) is 18.4 Å². The van der Waals surface area contributed by atoms with Gasteiger partial charge < -0.3 is 5.73 Å². The van der Waals surface area contributed by atoms with Crippen molar-refractivity contribution in [2.24, 2.45) is 5.73 Å². The lowest BCUT2D eigenvalue weighted by molar-refractivity contribution is 0.627. The van der Waals surface area contributed by atoms with Crippen molar-refractivity contribution in [3.05, 3.63) is 53.9 Å². The first-order valence-electron chi connectivity index (χ1n) is 7.26. The van der Waals surface area contributed by atoms with Crippen molar-refractivity contribution in [1.82, 2.24) is 24.5 Å². The van der Waals surface area contributed by atoms with Gasteiger partial charge in [0.25, 0.3) is 0 Å². The lowest BCUT2D eigenvalue weighted by atomic mass is 10.3. The Balaban J connectivity index is 1.84. The second kappa shape index (κ2) is 6.93. The Kier molecular flexibility index (Phi) is 4.73. The molecule has 0 bridgehead atoms. The van der Waals surface area contributed by atoms with Crippen LogP contribution >= 0.6 is 11.8 Å². The summed E-state index contributed by atoms with van der Waals surface area (Å²) in [5.41, 5.74) is 7.50. The van der Waals surface area contributed by atoms with Crippen LogP contribution in [0.4, 0.5) is 4.39 Å². The van der Waals surface area contributed by atoms with E-state index in [-0.39, 0.29) is 12.4 Å². The van der Waals surface area contributed by atoms with Gasteiger partial charge in [-0.3, -0.25) is 9.25 Å². The summed E-state index contributed by atoms with van der Waals surface area (Å²) in [4.78, 5) is 0. The molecule has 0 unspecified atom stereocenters. The molecule has 1 aromatic carbocycles. The average molecular weight is 332 g/mol. The lowest BCUT2D eigenvalue weighted by Crippen LogP contribution is -2.07. The highest BCUT2D eigenvalue weighted by Crippen LogP contribution is 2.24. The molecule has 0 aliphatic rings. The van der Waals surface area contributed by atoms with Gasteiger partial charge in [-0.25, -0.2) is 4.39 Å². The molecule has 0 aliphatic carbocycles. The minimum Gasteiger partial charge on any atom is -0.324 e. The predicted octanol–water partition coefficient (Wildman–Crippen LogP) is 2.37. The van der Waals surface area contributed by atoms with E-state index in [4.69, 9.17) is 5.73 Å². The third kappa shape index (κ3) is 3.43. The molecule has 6 nitrogen and oxygen atoms in total. The number of hydrogen-bond acceptors (Lipinski definition) is 5. The van der Waals surface area contributed by atoms with E-state index in [0.717, 1.165) is 17.9 Å². The third-order valence-electron chi connectivity index (χ3n) is 3.34. The second-order valence-corrected chi connectivity index (χ2v) is 5.81. The molecule has 23 heavy (non-hydrogen) atoms. The first-order valence-corrected chi connectivity index (χ1v) is 8.25. The molecule has 0 saturated heterocycles. The Hall–Kier alpha value is -2.19. The maximum Gasteiger partial charge on any atom is 0.196 e. The number of thioether (sulfide) groups is 1. The minimum absolute atomic E-state index is 0.259. The number of nitrogens with zero attached hydrogens (tertiary/aromatic N) is 5. The number of aryl methyl sites for hydroxylation is 1. The van der Waals surface area contributed by atoms with Gasteiger partial charge in [0.05, 0.1) is 12.2 Å². The molecule has 0 atom stereocenters. The molecule has 2 aromatic heterocycles. The van der Waals surface area contributed by atoms with E-state index in [9.17, 15) is 4.39 Å². The standard InChI is InChI=1S/C15H17FN6S/c1-2-21-8-7-12(20-21)10-23-15-19-18-14(9-17)22(15)13-5-3-11(16)4-6-13/h3-8H,2,9-10,17H2,1H3. The van der Waals surface area contributed by atoms with Crippen molar-refractivity contribution >= 4 is 11.8 Å². The number of halogens is 1. The van der Waals surface area contributed by atoms with Crippen LogP contribution in [0.3, 0.4) is 0 Å². The molecule has 0 spiro atoms. The molecule has 0 radical (unpaired) electrons. The van der Waals surface area contributed by atoms with Gasteiger partial charge in [0.15, 0.2) is 11.0 Å². The molecule has 8 heteroatoms. The SMILES string of the molecule is CCn1ccc(CSc2nnc(CN)n2-c2ccc(F)cc2)n1. The summed E-state index contributed by atoms with van der Waals surface area (Å²) in [7, 11) is 0. The van der Waals surface area contributed by atoms with Gasteiger partial charge in [0.2, 0.25) is 0 Å². The van der Waals surface area contributed by atoms with Crippen LogP contribution in [0.2, 0.25) is 0 Å². The van der Waals surface area contributed by atoms with Crippen molar-refractivity contribution in [1.29, 1.82) is 0 Å². The molecular formula is C15H17FN6S. The Morgan fingerprint density at radius 1 is 1.17 bits per heavy atom. The minimum atomic E-state index is -0.282. The van der Waals surface area contributed by atoms with Gasteiger partial charge in [-0.05, 0) is 37.3 Å². The molecule has 2 heterocycles. The van der Waals surface area contributed by atoms with Gasteiger partial charge in [-0.1, -0.05) is 11.8 Å². The monoisotopic (exact) mass is 332 g/mol. The summed E-state index contributed by atoms with van der Waals surface area (Å²) < 4.78 is 16.9. The number of aromatic nitrogens is 5. The van der Waals surface area contributed by atoms with Crippen LogP contribution in [0.15, 0.2) is 41.7 Å². The van der Waals surface area contributed by atoms with E-state index in [1.807, 2.05) is 28.4 Å². The number of hydrogen-bond donors (Lipinski definition) is 1. The van der Waals surface area contributed by atoms with Gasteiger partial charge >= 0.3 is 0 Å². The Bertz CT molecular complexity index is 780. The smallest absolute Gasteiger partial charge is 0.196 e. The van der Waals surface area contributed by atoms with Crippen LogP contribution in [-0.2, 0) is 18.8 Å². The van der Waals surface area contributed by atoms with E-state index in [1.165, 1.54) is 23.9 Å². The number of benzene rings is 1. The van der Waals surface area contributed by atoms with Crippen molar-refractivity contribution in [2.45, 2.75) is 30.9 Å². The molecule has 0 amide bonds. The van der Waals surface area contributed by atoms with Crippen LogP contribution in [0.25, 0.3) is 5.69 Å². The maximum absolute atomic E-state index is 13.1. The van der Waals surface area contributed by atoms with Crippen LogP contribution < -0.4 is 5.73 Å². The molecular weight excluding hydrogens is 315 g/mol. The second-order valence-electron chi connectivity index (χ2n) is 4.87. The Labute approximate surface area is 137 Å². The molecule has 2 N–H and O–H groups in total. The van der Waals surface area contributed by atoms with Crippen molar-refractivity contribution in [3.63, 3.8) is 0 Å². The van der Waals surface area contributed by atoms with Crippen LogP contribution in [-0.4, -0.2) is 24.5 Å². The van der Waals surface area contributed by atoms with E-state index in [2.05, 4.69) is 15.3 Å². The summed E-state index contributed by atoms with van der Waals surface area (Å²) in [6, 6.07) is 8.18. The molecule has 0 saturated carbocycles. The fourth-order valence-corrected chi connectivity index (χ4v) is 3.04. The quantitative estimate of drug-likeness (QED) is 0.702. The zero-order chi connectivity index (χ0) is 16.2. The van der Waals surface area contributed by atoms with E-state index in [1.54, 1.807) is 12.1 Å². The lowest BCUT2D eigenvalue weighted by Gasteiger charge is -2.08. The number of rotatable bonds is 6. The summed E-state index contributed by atoms with van der Waals surface area (Å²) in [6.45, 7) is 3.14. The first-order chi connectivity index (χ1) is 11.2. The topological polar surface area (TPSA) is 74.6 Å². The summed E-state index contributed by atoms with van der Waals surface area (Å²) >= 11 is 1.52. The van der Waals surface area contributed by atoms with E-state index >= 15 is 0 Å². The number of nitrogens with two attached hydrogens (primary N) is 1. The zero-order valence-electron chi connectivity index (χ0n) is 12.7. The molecule has 0 fully saturated rings. The Morgan fingerprint density at radius 3 is 2.61 bits per heavy atom. The summed E-state index contributed by atoms with van der Waals surface area (Å²) in [5, 5.41) is 13.5. The first kappa shape index (κ1) is 15.7. The molecule has 120 valence electrons. The largest absolute Gasteiger partial charge is 0.324 e. The fraction of sp³-hybridized carbons (Fsp3) is 0.267. The average Bonchev–Trinajstić information content (AvgIpc) is 3.20. The van der Waals surface area contributed by atoms with Gasteiger partial charge in [0, 0.05) is 24.2 Å². The van der Waals surface area contributed by atoms with E-state index in [0.29, 0.717) is 16.7 Å². The molecule has 3 aromatic rings. The predicted molar refractivity (Wildman–Crippen MR) is 86.7 cm³/mol. The van der Waals surface area contributed by atoms with Crippen LogP contribution in [0, 0.1) is 5.82 Å². The van der Waals surface area contributed by atoms with E-state index < -0.39 is 0 Å². The highest BCUT2D eigenvalue weighted by molar-refractivity contribution is 7.98. The zero-order valence-corrected chi connectivity index (χ0v) is 13.5. The highest BCUT2D eigenvalue weighted by atomic mass is 32.2. The Morgan fingerprint density at radius 2 is 1.96 bits per heavy atom. The normalized spacial score (nSPS) is 11.1. The van der Waals surface area contributed by atoms with Crippen molar-refractivity contribution in [2.75, 3.05) is 0 Å². The van der Waals surface area contributed by atoms with Crippen molar-refractivity contribution < 1.29 is 4.39 Å². The molecule has 0 aliphatic heterocycles. The van der Waals surface area contributed by atoms with Crippen LogP contribution in [0.5, 0.6) is 0 Å². The van der Waals surface area contributed by atoms with Gasteiger partial charge in [-0.15, -0.1) is 10.2 Å². The highest BCUT2D eigenvalue weighted by Gasteiger charge is 2.14. The molecule has 3 rings (SSSR count).